The number of urea groups is 1. The number of aromatic amines is 1. The van der Waals surface area contributed by atoms with E-state index < -0.39 is 17.9 Å². The second-order valence-electron chi connectivity index (χ2n) is 6.73. The summed E-state index contributed by atoms with van der Waals surface area (Å²) in [4.78, 5) is 48.9. The van der Waals surface area contributed by atoms with E-state index in [0.29, 0.717) is 28.3 Å². The first-order valence-electron chi connectivity index (χ1n) is 9.96. The third kappa shape index (κ3) is 6.72. The minimum Gasteiger partial charge on any atom is -0.478 e. The number of aromatic nitrogens is 4. The summed E-state index contributed by atoms with van der Waals surface area (Å²) < 4.78 is 0. The number of hydrogen-bond acceptors (Lipinski definition) is 6. The van der Waals surface area contributed by atoms with Crippen LogP contribution in [0.25, 0.3) is 22.6 Å². The fraction of sp³-hybridized carbons (Fsp3) is 0.0435. The molecule has 2 aromatic heterocycles. The lowest BCUT2D eigenvalue weighted by atomic mass is 10.1. The van der Waals surface area contributed by atoms with Crippen LogP contribution < -0.4 is 16.4 Å². The highest BCUT2D eigenvalue weighted by atomic mass is 16.4. The largest absolute Gasteiger partial charge is 0.478 e. The lowest BCUT2D eigenvalue weighted by Gasteiger charge is -2.09. The number of carboxylic acid groups (broad SMARTS) is 1. The summed E-state index contributed by atoms with van der Waals surface area (Å²) in [6.45, 7) is -0.239. The van der Waals surface area contributed by atoms with E-state index in [1.807, 2.05) is 6.07 Å². The zero-order valence-electron chi connectivity index (χ0n) is 17.8. The number of anilines is 1. The molecule has 0 aliphatic rings. The van der Waals surface area contributed by atoms with E-state index in [9.17, 15) is 19.5 Å². The number of nitrogens with one attached hydrogen (secondary N) is 3. The minimum absolute atomic E-state index is 0.00536. The van der Waals surface area contributed by atoms with Crippen LogP contribution in [0.3, 0.4) is 0 Å². The average Bonchev–Trinajstić information content (AvgIpc) is 3.44. The van der Waals surface area contributed by atoms with Crippen molar-refractivity contribution in [3.63, 3.8) is 0 Å². The summed E-state index contributed by atoms with van der Waals surface area (Å²) in [7, 11) is 0. The Hall–Kier alpha value is -5.06. The number of aromatic carboxylic acids is 1. The van der Waals surface area contributed by atoms with Gasteiger partial charge in [0, 0.05) is 35.4 Å². The maximum atomic E-state index is 11.7. The summed E-state index contributed by atoms with van der Waals surface area (Å²) in [5.74, 6) is -1.19. The van der Waals surface area contributed by atoms with Gasteiger partial charge in [0.1, 0.15) is 5.56 Å². The van der Waals surface area contributed by atoms with Crippen molar-refractivity contribution in [1.82, 2.24) is 25.3 Å². The Morgan fingerprint density at radius 2 is 1.74 bits per heavy atom. The number of hydrogen-bond donors (Lipinski definition) is 5. The lowest BCUT2D eigenvalue weighted by Crippen LogP contribution is -2.36. The number of nitrogens with two attached hydrogens (primary N) is 1. The Labute approximate surface area is 194 Å². The molecule has 0 saturated heterocycles. The standard InChI is InChI=1S/C20H17N5O4.C3H4N2/c21-20(29)23-11-16(26)24-14-8-6-13(7-9-14)18-22-10-15(19(27)28)17(25-18)12-4-2-1-3-5-12;1-2-5-3-4-1/h1-10H,11H2,(H,24,26)(H,27,28)(H3,21,23,29);1-3H,(H,4,5). The normalized spacial score (nSPS) is 9.88. The average molecular weight is 459 g/mol. The van der Waals surface area contributed by atoms with Gasteiger partial charge in [0.15, 0.2) is 5.82 Å². The Morgan fingerprint density at radius 3 is 2.29 bits per heavy atom. The summed E-state index contributed by atoms with van der Waals surface area (Å²) in [5.41, 5.74) is 7.07. The van der Waals surface area contributed by atoms with Gasteiger partial charge in [-0.15, -0.1) is 0 Å². The van der Waals surface area contributed by atoms with Gasteiger partial charge in [0.2, 0.25) is 5.91 Å². The molecular formula is C23H21N7O4. The summed E-state index contributed by atoms with van der Waals surface area (Å²) in [6.07, 6.45) is 6.36. The van der Waals surface area contributed by atoms with Gasteiger partial charge in [0.05, 0.1) is 18.6 Å². The number of carbonyl (C=O) groups excluding carboxylic acids is 2. The van der Waals surface area contributed by atoms with E-state index >= 15 is 0 Å². The van der Waals surface area contributed by atoms with Crippen LogP contribution in [-0.4, -0.2) is 49.5 Å². The fourth-order valence-corrected chi connectivity index (χ4v) is 2.78. The molecule has 0 spiro atoms. The molecule has 4 rings (SSSR count). The molecule has 0 atom stereocenters. The third-order valence-electron chi connectivity index (χ3n) is 4.32. The second kappa shape index (κ2) is 11.5. The van der Waals surface area contributed by atoms with Crippen molar-refractivity contribution in [1.29, 1.82) is 0 Å². The molecule has 34 heavy (non-hydrogen) atoms. The fourth-order valence-electron chi connectivity index (χ4n) is 2.78. The van der Waals surface area contributed by atoms with Crippen molar-refractivity contribution in [3.05, 3.63) is 85.1 Å². The zero-order chi connectivity index (χ0) is 24.3. The van der Waals surface area contributed by atoms with E-state index in [1.165, 1.54) is 6.20 Å². The molecule has 0 unspecified atom stereocenters. The molecule has 6 N–H and O–H groups in total. The van der Waals surface area contributed by atoms with Gasteiger partial charge in [0.25, 0.3) is 0 Å². The van der Waals surface area contributed by atoms with Crippen LogP contribution in [0.4, 0.5) is 10.5 Å². The number of H-pyrrole nitrogens is 1. The van der Waals surface area contributed by atoms with E-state index in [-0.39, 0.29) is 12.1 Å². The van der Waals surface area contributed by atoms with Gasteiger partial charge in [-0.1, -0.05) is 30.3 Å². The predicted octanol–water partition coefficient (Wildman–Crippen LogP) is 2.53. The van der Waals surface area contributed by atoms with Crippen LogP contribution in [0.5, 0.6) is 0 Å². The number of carbonyl (C=O) groups is 3. The molecule has 4 aromatic rings. The lowest BCUT2D eigenvalue weighted by molar-refractivity contribution is -0.115. The highest BCUT2D eigenvalue weighted by Crippen LogP contribution is 2.25. The third-order valence-corrected chi connectivity index (χ3v) is 4.32. The van der Waals surface area contributed by atoms with Crippen molar-refractivity contribution < 1.29 is 19.5 Å². The molecule has 3 amide bonds. The van der Waals surface area contributed by atoms with Gasteiger partial charge in [-0.05, 0) is 24.3 Å². The van der Waals surface area contributed by atoms with Crippen LogP contribution in [0, 0.1) is 0 Å². The first kappa shape index (κ1) is 23.6. The number of amides is 3. The van der Waals surface area contributed by atoms with Crippen molar-refractivity contribution in [2.24, 2.45) is 5.73 Å². The van der Waals surface area contributed by atoms with Crippen LogP contribution in [0.2, 0.25) is 0 Å². The monoisotopic (exact) mass is 459 g/mol. The van der Waals surface area contributed by atoms with Gasteiger partial charge in [-0.2, -0.15) is 0 Å². The van der Waals surface area contributed by atoms with Crippen molar-refractivity contribution in [3.8, 4) is 22.6 Å². The smallest absolute Gasteiger partial charge is 0.339 e. The molecule has 2 heterocycles. The van der Waals surface area contributed by atoms with Crippen LogP contribution in [-0.2, 0) is 4.79 Å². The van der Waals surface area contributed by atoms with Gasteiger partial charge in [-0.3, -0.25) is 4.79 Å². The SMILES string of the molecule is NC(=O)NCC(=O)Nc1ccc(-c2ncc(C(=O)O)c(-c3ccccc3)n2)cc1.c1c[nH]cn1. The summed E-state index contributed by atoms with van der Waals surface area (Å²) >= 11 is 0. The Balaban J connectivity index is 0.000000574. The highest BCUT2D eigenvalue weighted by Gasteiger charge is 2.16. The number of rotatable bonds is 6. The molecule has 0 aliphatic heterocycles. The molecule has 172 valence electrons. The first-order chi connectivity index (χ1) is 16.4. The topological polar surface area (TPSA) is 176 Å². The molecule has 11 heteroatoms. The maximum absolute atomic E-state index is 11.7. The number of primary amides is 1. The van der Waals surface area contributed by atoms with Crippen molar-refractivity contribution in [2.45, 2.75) is 0 Å². The van der Waals surface area contributed by atoms with Crippen LogP contribution in [0.1, 0.15) is 10.4 Å². The van der Waals surface area contributed by atoms with Crippen molar-refractivity contribution >= 4 is 23.6 Å². The molecule has 0 radical (unpaired) electrons. The molecule has 0 fully saturated rings. The van der Waals surface area contributed by atoms with E-state index in [1.54, 1.807) is 67.3 Å². The van der Waals surface area contributed by atoms with Crippen molar-refractivity contribution in [2.75, 3.05) is 11.9 Å². The summed E-state index contributed by atoms with van der Waals surface area (Å²) in [6, 6.07) is 14.9. The number of imidazole rings is 1. The molecule has 0 aliphatic carbocycles. The number of nitrogens with zero attached hydrogens (tertiary/aromatic N) is 3. The van der Waals surface area contributed by atoms with Gasteiger partial charge >= 0.3 is 12.0 Å². The Bertz CT molecular complexity index is 1230. The first-order valence-corrected chi connectivity index (χ1v) is 9.96. The van der Waals surface area contributed by atoms with Crippen LogP contribution >= 0.6 is 0 Å². The summed E-state index contributed by atoms with van der Waals surface area (Å²) in [5, 5.41) is 14.2. The minimum atomic E-state index is -1.11. The highest BCUT2D eigenvalue weighted by molar-refractivity contribution is 5.95. The number of benzene rings is 2. The molecule has 11 nitrogen and oxygen atoms in total. The maximum Gasteiger partial charge on any atom is 0.339 e. The van der Waals surface area contributed by atoms with Crippen LogP contribution in [0.15, 0.2) is 79.5 Å². The molecular weight excluding hydrogens is 438 g/mol. The quantitative estimate of drug-likeness (QED) is 0.294. The Kier molecular flexibility index (Phi) is 8.00. The Morgan fingerprint density at radius 1 is 1.00 bits per heavy atom. The zero-order valence-corrected chi connectivity index (χ0v) is 17.8. The predicted molar refractivity (Wildman–Crippen MR) is 125 cm³/mol. The van der Waals surface area contributed by atoms with Gasteiger partial charge < -0.3 is 26.5 Å². The number of carboxylic acids is 1. The van der Waals surface area contributed by atoms with E-state index in [0.717, 1.165) is 0 Å². The van der Waals surface area contributed by atoms with Gasteiger partial charge in [-0.25, -0.2) is 24.5 Å². The molecule has 0 saturated carbocycles. The molecule has 2 aromatic carbocycles. The van der Waals surface area contributed by atoms with E-state index in [4.69, 9.17) is 5.73 Å². The second-order valence-corrected chi connectivity index (χ2v) is 6.73. The van der Waals surface area contributed by atoms with E-state index in [2.05, 4.69) is 30.6 Å². The molecule has 0 bridgehead atoms.